The second-order valence-corrected chi connectivity index (χ2v) is 5.14. The molecule has 2 heteroatoms. The maximum Gasteiger partial charge on any atom is 0.311 e. The summed E-state index contributed by atoms with van der Waals surface area (Å²) >= 11 is 0. The van der Waals surface area contributed by atoms with Crippen LogP contribution in [-0.4, -0.2) is 11.1 Å². The van der Waals surface area contributed by atoms with E-state index < -0.39 is 5.97 Å². The van der Waals surface area contributed by atoms with Crippen LogP contribution in [0, 0.1) is 5.92 Å². The van der Waals surface area contributed by atoms with E-state index >= 15 is 0 Å². The van der Waals surface area contributed by atoms with Gasteiger partial charge in [-0.05, 0) is 35.4 Å². The molecule has 0 amide bonds. The average Bonchev–Trinajstić information content (AvgIpc) is 3.25. The Balaban J connectivity index is 1.88. The third kappa shape index (κ3) is 2.53. The highest BCUT2D eigenvalue weighted by Crippen LogP contribution is 2.43. The fourth-order valence-electron chi connectivity index (χ4n) is 2.56. The van der Waals surface area contributed by atoms with E-state index in [0.717, 1.165) is 29.5 Å². The van der Waals surface area contributed by atoms with Crippen LogP contribution >= 0.6 is 0 Å². The van der Waals surface area contributed by atoms with Gasteiger partial charge in [-0.1, -0.05) is 54.6 Å². The number of hydrogen-bond donors (Lipinski definition) is 1. The van der Waals surface area contributed by atoms with E-state index in [4.69, 9.17) is 0 Å². The van der Waals surface area contributed by atoms with Crippen molar-refractivity contribution in [2.75, 3.05) is 0 Å². The normalized spacial score (nSPS) is 16.0. The van der Waals surface area contributed by atoms with Crippen LogP contribution in [0.3, 0.4) is 0 Å². The van der Waals surface area contributed by atoms with E-state index in [1.807, 2.05) is 42.5 Å². The zero-order valence-electron chi connectivity index (χ0n) is 10.6. The van der Waals surface area contributed by atoms with Gasteiger partial charge in [0.2, 0.25) is 0 Å². The summed E-state index contributed by atoms with van der Waals surface area (Å²) < 4.78 is 0. The van der Waals surface area contributed by atoms with Crippen LogP contribution in [0.2, 0.25) is 0 Å². The summed E-state index contributed by atoms with van der Waals surface area (Å²) in [6.45, 7) is 0. The molecule has 1 saturated carbocycles. The lowest BCUT2D eigenvalue weighted by atomic mass is 9.92. The molecule has 0 saturated heterocycles. The van der Waals surface area contributed by atoms with Crippen molar-refractivity contribution in [1.82, 2.24) is 0 Å². The van der Waals surface area contributed by atoms with Crippen molar-refractivity contribution in [3.8, 4) is 11.1 Å². The molecule has 2 aromatic carbocycles. The third-order valence-electron chi connectivity index (χ3n) is 3.74. The standard InChI is InChI=1S/C17H16O2/c18-17(19)16(15-10-11-15)14-8-6-13(7-9-14)12-4-2-1-3-5-12/h1-9,15-16H,10-11H2,(H,18,19). The Bertz CT molecular complexity index is 568. The first-order valence-corrected chi connectivity index (χ1v) is 6.64. The fourth-order valence-corrected chi connectivity index (χ4v) is 2.56. The van der Waals surface area contributed by atoms with Crippen molar-refractivity contribution < 1.29 is 9.90 Å². The maximum atomic E-state index is 11.3. The van der Waals surface area contributed by atoms with Gasteiger partial charge in [0.25, 0.3) is 0 Å². The lowest BCUT2D eigenvalue weighted by molar-refractivity contribution is -0.139. The minimum absolute atomic E-state index is 0.329. The first kappa shape index (κ1) is 12.0. The predicted octanol–water partition coefficient (Wildman–Crippen LogP) is 3.93. The molecule has 0 aromatic heterocycles. The summed E-state index contributed by atoms with van der Waals surface area (Å²) in [5.74, 6) is -0.695. The van der Waals surface area contributed by atoms with Gasteiger partial charge in [-0.15, -0.1) is 0 Å². The molecule has 2 aromatic rings. The van der Waals surface area contributed by atoms with E-state index in [0.29, 0.717) is 5.92 Å². The Morgan fingerprint density at radius 2 is 1.53 bits per heavy atom. The van der Waals surface area contributed by atoms with Crippen LogP contribution in [0.4, 0.5) is 0 Å². The molecule has 1 fully saturated rings. The second kappa shape index (κ2) is 4.88. The van der Waals surface area contributed by atoms with Crippen molar-refractivity contribution in [3.63, 3.8) is 0 Å². The number of aliphatic carboxylic acids is 1. The smallest absolute Gasteiger partial charge is 0.311 e. The molecular formula is C17H16O2. The average molecular weight is 252 g/mol. The van der Waals surface area contributed by atoms with E-state index in [9.17, 15) is 9.90 Å². The summed E-state index contributed by atoms with van der Waals surface area (Å²) in [7, 11) is 0. The highest BCUT2D eigenvalue weighted by atomic mass is 16.4. The van der Waals surface area contributed by atoms with E-state index in [-0.39, 0.29) is 5.92 Å². The number of hydrogen-bond acceptors (Lipinski definition) is 1. The van der Waals surface area contributed by atoms with Gasteiger partial charge in [-0.3, -0.25) is 4.79 Å². The van der Waals surface area contributed by atoms with E-state index in [1.54, 1.807) is 0 Å². The lowest BCUT2D eigenvalue weighted by Crippen LogP contribution is -2.13. The van der Waals surface area contributed by atoms with Gasteiger partial charge in [0.15, 0.2) is 0 Å². The Morgan fingerprint density at radius 1 is 0.947 bits per heavy atom. The van der Waals surface area contributed by atoms with E-state index in [2.05, 4.69) is 12.1 Å². The van der Waals surface area contributed by atoms with Gasteiger partial charge in [-0.2, -0.15) is 0 Å². The van der Waals surface area contributed by atoms with Crippen molar-refractivity contribution in [2.24, 2.45) is 5.92 Å². The highest BCUT2D eigenvalue weighted by Gasteiger charge is 2.37. The third-order valence-corrected chi connectivity index (χ3v) is 3.74. The molecule has 0 heterocycles. The minimum atomic E-state index is -0.699. The summed E-state index contributed by atoms with van der Waals surface area (Å²) in [6.07, 6.45) is 2.08. The van der Waals surface area contributed by atoms with Gasteiger partial charge in [0, 0.05) is 0 Å². The molecule has 1 aliphatic carbocycles. The molecule has 3 rings (SSSR count). The molecule has 1 atom stereocenters. The maximum absolute atomic E-state index is 11.3. The van der Waals surface area contributed by atoms with Gasteiger partial charge in [0.05, 0.1) is 5.92 Å². The largest absolute Gasteiger partial charge is 0.481 e. The van der Waals surface area contributed by atoms with Crippen molar-refractivity contribution in [1.29, 1.82) is 0 Å². The van der Waals surface area contributed by atoms with Crippen molar-refractivity contribution >= 4 is 5.97 Å². The molecule has 2 nitrogen and oxygen atoms in total. The Morgan fingerprint density at radius 3 is 2.05 bits per heavy atom. The summed E-state index contributed by atoms with van der Waals surface area (Å²) in [4.78, 5) is 11.3. The summed E-state index contributed by atoms with van der Waals surface area (Å²) in [5.41, 5.74) is 3.21. The first-order chi connectivity index (χ1) is 9.25. The van der Waals surface area contributed by atoms with Gasteiger partial charge < -0.3 is 5.11 Å². The Kier molecular flexibility index (Phi) is 3.08. The molecule has 1 aliphatic rings. The SMILES string of the molecule is O=C(O)C(c1ccc(-c2ccccc2)cc1)C1CC1. The number of carboxylic acid groups (broad SMARTS) is 1. The molecule has 0 aliphatic heterocycles. The number of rotatable bonds is 4. The minimum Gasteiger partial charge on any atom is -0.481 e. The lowest BCUT2D eigenvalue weighted by Gasteiger charge is -2.12. The number of benzene rings is 2. The van der Waals surface area contributed by atoms with E-state index in [1.165, 1.54) is 0 Å². The molecule has 0 bridgehead atoms. The topological polar surface area (TPSA) is 37.3 Å². The molecule has 96 valence electrons. The van der Waals surface area contributed by atoms with Crippen molar-refractivity contribution in [2.45, 2.75) is 18.8 Å². The van der Waals surface area contributed by atoms with Crippen LogP contribution < -0.4 is 0 Å². The molecule has 1 N–H and O–H groups in total. The number of carboxylic acids is 1. The van der Waals surface area contributed by atoms with Gasteiger partial charge in [-0.25, -0.2) is 0 Å². The zero-order chi connectivity index (χ0) is 13.2. The molecular weight excluding hydrogens is 236 g/mol. The van der Waals surface area contributed by atoms with Crippen LogP contribution in [-0.2, 0) is 4.79 Å². The van der Waals surface area contributed by atoms with Crippen molar-refractivity contribution in [3.05, 3.63) is 60.2 Å². The Hall–Kier alpha value is -2.09. The molecule has 0 radical (unpaired) electrons. The Labute approximate surface area is 112 Å². The molecule has 19 heavy (non-hydrogen) atoms. The van der Waals surface area contributed by atoms with Crippen LogP contribution in [0.1, 0.15) is 24.3 Å². The van der Waals surface area contributed by atoms with Crippen LogP contribution in [0.25, 0.3) is 11.1 Å². The number of carbonyl (C=O) groups is 1. The quantitative estimate of drug-likeness (QED) is 0.895. The summed E-state index contributed by atoms with van der Waals surface area (Å²) in [6, 6.07) is 18.1. The summed E-state index contributed by atoms with van der Waals surface area (Å²) in [5, 5.41) is 9.32. The second-order valence-electron chi connectivity index (χ2n) is 5.14. The zero-order valence-corrected chi connectivity index (χ0v) is 10.6. The molecule has 1 unspecified atom stereocenters. The predicted molar refractivity (Wildman–Crippen MR) is 75.0 cm³/mol. The van der Waals surface area contributed by atoms with Crippen LogP contribution in [0.15, 0.2) is 54.6 Å². The van der Waals surface area contributed by atoms with Gasteiger partial charge >= 0.3 is 5.97 Å². The fraction of sp³-hybridized carbons (Fsp3) is 0.235. The van der Waals surface area contributed by atoms with Gasteiger partial charge in [0.1, 0.15) is 0 Å². The first-order valence-electron chi connectivity index (χ1n) is 6.64. The highest BCUT2D eigenvalue weighted by molar-refractivity contribution is 5.77. The monoisotopic (exact) mass is 252 g/mol. The molecule has 0 spiro atoms. The van der Waals surface area contributed by atoms with Crippen LogP contribution in [0.5, 0.6) is 0 Å².